The molecule has 0 bridgehead atoms. The van der Waals surface area contributed by atoms with Crippen molar-refractivity contribution in [2.75, 3.05) is 0 Å². The third-order valence-corrected chi connectivity index (χ3v) is 4.89. The molecule has 5 heteroatoms. The number of hydrogen-bond acceptors (Lipinski definition) is 5. The predicted octanol–water partition coefficient (Wildman–Crippen LogP) is 6.63. The van der Waals surface area contributed by atoms with Crippen LogP contribution < -0.4 is 9.47 Å². The highest BCUT2D eigenvalue weighted by molar-refractivity contribution is 5.97. The van der Waals surface area contributed by atoms with Gasteiger partial charge < -0.3 is 14.6 Å². The molecule has 0 saturated carbocycles. The molecule has 4 aromatic carbocycles. The predicted molar refractivity (Wildman–Crippen MR) is 129 cm³/mol. The topological polar surface area (TPSA) is 72.8 Å². The number of phenols is 1. The summed E-state index contributed by atoms with van der Waals surface area (Å²) >= 11 is 0. The minimum absolute atomic E-state index is 0.0779. The first-order chi connectivity index (χ1) is 15.9. The van der Waals surface area contributed by atoms with Gasteiger partial charge in [0.2, 0.25) is 0 Å². The molecule has 0 unspecified atom stereocenters. The standard InChI is InChI=1S/C26H20O5.C2H6/c1-16-3-12-24(17(2)13-16)31-26(29)21-5-4-20-15-23(11-8-19(20)14-21)30-25(28)18-6-9-22(27)10-7-18;1-2/h3-15,27H,1-2H3;1-2H3. The zero-order chi connectivity index (χ0) is 24.0. The molecular weight excluding hydrogens is 416 g/mol. The third kappa shape index (κ3) is 5.77. The fraction of sp³-hybridized carbons (Fsp3) is 0.143. The van der Waals surface area contributed by atoms with Crippen LogP contribution in [0.3, 0.4) is 0 Å². The maximum Gasteiger partial charge on any atom is 0.343 e. The van der Waals surface area contributed by atoms with Gasteiger partial charge >= 0.3 is 11.9 Å². The summed E-state index contributed by atoms with van der Waals surface area (Å²) in [6.45, 7) is 7.88. The molecule has 0 spiro atoms. The van der Waals surface area contributed by atoms with Crippen molar-refractivity contribution >= 4 is 22.7 Å². The van der Waals surface area contributed by atoms with Gasteiger partial charge in [-0.15, -0.1) is 0 Å². The van der Waals surface area contributed by atoms with Crippen LogP contribution in [-0.2, 0) is 0 Å². The van der Waals surface area contributed by atoms with Gasteiger partial charge in [-0.2, -0.15) is 0 Å². The minimum atomic E-state index is -0.520. The highest BCUT2D eigenvalue weighted by atomic mass is 16.5. The number of rotatable bonds is 4. The first kappa shape index (κ1) is 23.5. The monoisotopic (exact) mass is 442 g/mol. The van der Waals surface area contributed by atoms with Crippen molar-refractivity contribution in [1.82, 2.24) is 0 Å². The van der Waals surface area contributed by atoms with Crippen molar-refractivity contribution in [3.05, 3.63) is 101 Å². The lowest BCUT2D eigenvalue weighted by Crippen LogP contribution is -2.09. The van der Waals surface area contributed by atoms with Gasteiger partial charge in [-0.3, -0.25) is 0 Å². The molecule has 1 N–H and O–H groups in total. The molecule has 0 heterocycles. The Balaban J connectivity index is 0.00000149. The van der Waals surface area contributed by atoms with Crippen LogP contribution in [0.25, 0.3) is 10.8 Å². The van der Waals surface area contributed by atoms with E-state index in [1.165, 1.54) is 24.3 Å². The Kier molecular flexibility index (Phi) is 7.46. The number of fused-ring (bicyclic) bond motifs is 1. The average Bonchev–Trinajstić information content (AvgIpc) is 2.82. The average molecular weight is 443 g/mol. The van der Waals surface area contributed by atoms with E-state index in [1.807, 2.05) is 39.8 Å². The number of esters is 2. The maximum absolute atomic E-state index is 12.6. The molecule has 168 valence electrons. The van der Waals surface area contributed by atoms with Gasteiger partial charge in [-0.1, -0.05) is 43.7 Å². The Hall–Kier alpha value is -4.12. The van der Waals surface area contributed by atoms with Crippen LogP contribution in [0.15, 0.2) is 78.9 Å². The minimum Gasteiger partial charge on any atom is -0.508 e. The van der Waals surface area contributed by atoms with E-state index >= 15 is 0 Å². The van der Waals surface area contributed by atoms with Gasteiger partial charge in [-0.05, 0) is 84.8 Å². The number of aryl methyl sites for hydroxylation is 2. The molecule has 0 aromatic heterocycles. The van der Waals surface area contributed by atoms with Gasteiger partial charge in [0.05, 0.1) is 11.1 Å². The zero-order valence-electron chi connectivity index (χ0n) is 19.1. The molecule has 0 radical (unpaired) electrons. The second-order valence-corrected chi connectivity index (χ2v) is 7.32. The van der Waals surface area contributed by atoms with Gasteiger partial charge in [0.1, 0.15) is 17.2 Å². The summed E-state index contributed by atoms with van der Waals surface area (Å²) < 4.78 is 11.0. The summed E-state index contributed by atoms with van der Waals surface area (Å²) in [6, 6.07) is 21.9. The van der Waals surface area contributed by atoms with Crippen LogP contribution in [-0.4, -0.2) is 17.0 Å². The van der Waals surface area contributed by atoms with Crippen LogP contribution >= 0.6 is 0 Å². The second-order valence-electron chi connectivity index (χ2n) is 7.32. The number of benzene rings is 4. The summed E-state index contributed by atoms with van der Waals surface area (Å²) in [5, 5.41) is 11.0. The first-order valence-electron chi connectivity index (χ1n) is 10.7. The molecule has 0 aliphatic heterocycles. The molecule has 4 rings (SSSR count). The molecule has 0 saturated heterocycles. The largest absolute Gasteiger partial charge is 0.508 e. The van der Waals surface area contributed by atoms with E-state index in [0.717, 1.165) is 21.9 Å². The van der Waals surface area contributed by atoms with Crippen molar-refractivity contribution in [3.8, 4) is 17.2 Å². The van der Waals surface area contributed by atoms with Crippen LogP contribution in [0.2, 0.25) is 0 Å². The molecule has 33 heavy (non-hydrogen) atoms. The van der Waals surface area contributed by atoms with Gasteiger partial charge in [0.25, 0.3) is 0 Å². The van der Waals surface area contributed by atoms with Crippen LogP contribution in [0.4, 0.5) is 0 Å². The Morgan fingerprint density at radius 1 is 0.667 bits per heavy atom. The fourth-order valence-corrected chi connectivity index (χ4v) is 3.25. The molecule has 4 aromatic rings. The summed E-state index contributed by atoms with van der Waals surface area (Å²) in [5.41, 5.74) is 2.77. The van der Waals surface area contributed by atoms with Crippen molar-refractivity contribution < 1.29 is 24.2 Å². The maximum atomic E-state index is 12.6. The van der Waals surface area contributed by atoms with Crippen molar-refractivity contribution in [1.29, 1.82) is 0 Å². The highest BCUT2D eigenvalue weighted by Crippen LogP contribution is 2.25. The lowest BCUT2D eigenvalue weighted by Gasteiger charge is -2.09. The Morgan fingerprint density at radius 2 is 1.27 bits per heavy atom. The Labute approximate surface area is 193 Å². The van der Waals surface area contributed by atoms with E-state index in [9.17, 15) is 14.7 Å². The van der Waals surface area contributed by atoms with Crippen LogP contribution in [0.5, 0.6) is 17.2 Å². The lowest BCUT2D eigenvalue weighted by atomic mass is 10.1. The quantitative estimate of drug-likeness (QED) is 0.284. The molecule has 0 aliphatic carbocycles. The molecule has 0 fully saturated rings. The summed E-state index contributed by atoms with van der Waals surface area (Å²) in [7, 11) is 0. The van der Waals surface area contributed by atoms with E-state index in [2.05, 4.69) is 0 Å². The van der Waals surface area contributed by atoms with Gasteiger partial charge in [-0.25, -0.2) is 9.59 Å². The number of carbonyl (C=O) groups is 2. The Bertz CT molecular complexity index is 1290. The van der Waals surface area contributed by atoms with Crippen molar-refractivity contribution in [2.45, 2.75) is 27.7 Å². The number of hydrogen-bond donors (Lipinski definition) is 1. The van der Waals surface area contributed by atoms with E-state index in [-0.39, 0.29) is 5.75 Å². The smallest absolute Gasteiger partial charge is 0.343 e. The molecular formula is C28H26O5. The summed E-state index contributed by atoms with van der Waals surface area (Å²) in [5.74, 6) is 0.0437. The van der Waals surface area contributed by atoms with E-state index in [0.29, 0.717) is 22.6 Å². The number of phenolic OH excluding ortho intramolecular Hbond substituents is 1. The van der Waals surface area contributed by atoms with Crippen molar-refractivity contribution in [2.24, 2.45) is 0 Å². The number of carbonyl (C=O) groups excluding carboxylic acids is 2. The normalized spacial score (nSPS) is 10.2. The Morgan fingerprint density at radius 3 is 1.97 bits per heavy atom. The lowest BCUT2D eigenvalue weighted by molar-refractivity contribution is 0.0725. The van der Waals surface area contributed by atoms with E-state index in [1.54, 1.807) is 42.5 Å². The van der Waals surface area contributed by atoms with Crippen LogP contribution in [0.1, 0.15) is 45.7 Å². The molecule has 0 amide bonds. The SMILES string of the molecule is CC.Cc1ccc(OC(=O)c2ccc3cc(OC(=O)c4ccc(O)cc4)ccc3c2)c(C)c1. The fourth-order valence-electron chi connectivity index (χ4n) is 3.25. The highest BCUT2D eigenvalue weighted by Gasteiger charge is 2.13. The van der Waals surface area contributed by atoms with Gasteiger partial charge in [0, 0.05) is 0 Å². The number of ether oxygens (including phenoxy) is 2. The summed E-state index contributed by atoms with van der Waals surface area (Å²) in [4.78, 5) is 24.8. The molecule has 0 atom stereocenters. The summed E-state index contributed by atoms with van der Waals surface area (Å²) in [6.07, 6.45) is 0. The third-order valence-electron chi connectivity index (χ3n) is 4.89. The van der Waals surface area contributed by atoms with Crippen molar-refractivity contribution in [3.63, 3.8) is 0 Å². The molecule has 5 nitrogen and oxygen atoms in total. The number of aromatic hydroxyl groups is 1. The van der Waals surface area contributed by atoms with E-state index < -0.39 is 11.9 Å². The first-order valence-corrected chi connectivity index (χ1v) is 10.7. The van der Waals surface area contributed by atoms with Gasteiger partial charge in [0.15, 0.2) is 0 Å². The second kappa shape index (κ2) is 10.5. The zero-order valence-corrected chi connectivity index (χ0v) is 19.1. The van der Waals surface area contributed by atoms with E-state index in [4.69, 9.17) is 9.47 Å². The van der Waals surface area contributed by atoms with Crippen LogP contribution in [0, 0.1) is 13.8 Å². The molecule has 0 aliphatic rings.